The van der Waals surface area contributed by atoms with Crippen LogP contribution in [0.4, 0.5) is 6.01 Å². The molecule has 0 atom stereocenters. The van der Waals surface area contributed by atoms with Gasteiger partial charge < -0.3 is 15.1 Å². The largest absolute Gasteiger partial charge is 0.407 e. The molecule has 0 aromatic carbocycles. The van der Waals surface area contributed by atoms with Crippen molar-refractivity contribution in [3.63, 3.8) is 0 Å². The number of nitrogens with zero attached hydrogens (tertiary/aromatic N) is 3. The van der Waals surface area contributed by atoms with E-state index in [1.165, 1.54) is 0 Å². The Morgan fingerprint density at radius 1 is 1.33 bits per heavy atom. The second kappa shape index (κ2) is 6.46. The Morgan fingerprint density at radius 3 is 2.94 bits per heavy atom. The van der Waals surface area contributed by atoms with E-state index in [2.05, 4.69) is 39.7 Å². The van der Waals surface area contributed by atoms with Crippen LogP contribution in [-0.4, -0.2) is 21.7 Å². The van der Waals surface area contributed by atoms with Gasteiger partial charge in [0, 0.05) is 11.1 Å². The average Bonchev–Trinajstić information content (AvgIpc) is 2.96. The van der Waals surface area contributed by atoms with Crippen molar-refractivity contribution in [2.45, 2.75) is 26.9 Å². The average molecular weight is 267 g/mol. The molecule has 2 rings (SSSR count). The summed E-state index contributed by atoms with van der Waals surface area (Å²) in [5.74, 6) is 1.21. The molecule has 2 N–H and O–H groups in total. The van der Waals surface area contributed by atoms with Gasteiger partial charge in [0.15, 0.2) is 0 Å². The molecule has 0 saturated carbocycles. The predicted octanol–water partition coefficient (Wildman–Crippen LogP) is 1.88. The van der Waals surface area contributed by atoms with Crippen molar-refractivity contribution in [3.8, 4) is 0 Å². The molecule has 0 bridgehead atoms. The van der Waals surface area contributed by atoms with Crippen LogP contribution in [0.2, 0.25) is 0 Å². The van der Waals surface area contributed by atoms with Gasteiger partial charge in [0.1, 0.15) is 0 Å². The molecule has 0 amide bonds. The molecule has 0 unspecified atom stereocenters. The third-order valence-corrected chi connectivity index (χ3v) is 2.97. The lowest BCUT2D eigenvalue weighted by Gasteiger charge is -2.03. The number of hydrogen-bond donors (Lipinski definition) is 2. The fourth-order valence-corrected chi connectivity index (χ4v) is 1.89. The van der Waals surface area contributed by atoms with Gasteiger partial charge in [-0.3, -0.25) is 4.98 Å². The fourth-order valence-electron chi connectivity index (χ4n) is 1.36. The maximum Gasteiger partial charge on any atom is 0.315 e. The number of rotatable bonds is 7. The zero-order valence-corrected chi connectivity index (χ0v) is 11.3. The molecular weight excluding hydrogens is 250 g/mol. The third-order valence-electron chi connectivity index (χ3n) is 2.19. The second-order valence-electron chi connectivity index (χ2n) is 4.35. The molecule has 7 heteroatoms. The Hall–Kier alpha value is -1.47. The van der Waals surface area contributed by atoms with E-state index in [9.17, 15) is 0 Å². The van der Waals surface area contributed by atoms with Gasteiger partial charge >= 0.3 is 6.01 Å². The Morgan fingerprint density at radius 2 is 2.22 bits per heavy atom. The first kappa shape index (κ1) is 13.0. The van der Waals surface area contributed by atoms with Gasteiger partial charge in [-0.25, -0.2) is 0 Å². The van der Waals surface area contributed by atoms with Crippen molar-refractivity contribution < 1.29 is 4.42 Å². The molecule has 2 aromatic heterocycles. The van der Waals surface area contributed by atoms with Crippen LogP contribution in [0.3, 0.4) is 0 Å². The first-order valence-corrected chi connectivity index (χ1v) is 6.76. The van der Waals surface area contributed by atoms with Crippen molar-refractivity contribution in [2.24, 2.45) is 5.92 Å². The van der Waals surface area contributed by atoms with E-state index in [-0.39, 0.29) is 0 Å². The van der Waals surface area contributed by atoms with Gasteiger partial charge in [-0.1, -0.05) is 18.9 Å². The minimum Gasteiger partial charge on any atom is -0.407 e. The van der Waals surface area contributed by atoms with Crippen LogP contribution in [0.5, 0.6) is 0 Å². The maximum absolute atomic E-state index is 5.45. The van der Waals surface area contributed by atoms with Crippen LogP contribution in [-0.2, 0) is 13.1 Å². The maximum atomic E-state index is 5.45. The smallest absolute Gasteiger partial charge is 0.315 e. The highest BCUT2D eigenvalue weighted by atomic mass is 32.1. The van der Waals surface area contributed by atoms with Gasteiger partial charge in [0.2, 0.25) is 5.89 Å². The Balaban J connectivity index is 1.75. The van der Waals surface area contributed by atoms with Crippen LogP contribution < -0.4 is 10.6 Å². The number of aromatic nitrogens is 3. The van der Waals surface area contributed by atoms with Crippen LogP contribution in [0.25, 0.3) is 0 Å². The standard InChI is InChI=1S/C11H17N5OS/c1-8(2)3-12-6-10-15-16-11(17-10)14-5-9-4-13-7-18-9/h4,7-8,12H,3,5-6H2,1-2H3,(H,14,16). The summed E-state index contributed by atoms with van der Waals surface area (Å²) in [5, 5.41) is 14.2. The van der Waals surface area contributed by atoms with Crippen LogP contribution >= 0.6 is 11.3 Å². The van der Waals surface area contributed by atoms with Crippen molar-refractivity contribution in [3.05, 3.63) is 22.5 Å². The molecule has 6 nitrogen and oxygen atoms in total. The third kappa shape index (κ3) is 4.08. The van der Waals surface area contributed by atoms with E-state index in [0.29, 0.717) is 30.9 Å². The van der Waals surface area contributed by atoms with Gasteiger partial charge in [0.05, 0.1) is 18.6 Å². The first-order chi connectivity index (χ1) is 8.74. The van der Waals surface area contributed by atoms with E-state index in [4.69, 9.17) is 4.42 Å². The SMILES string of the molecule is CC(C)CNCc1nnc(NCc2cncs2)o1. The molecule has 0 spiro atoms. The molecule has 0 aliphatic carbocycles. The lowest BCUT2D eigenvalue weighted by molar-refractivity contribution is 0.458. The summed E-state index contributed by atoms with van der Waals surface area (Å²) in [6.45, 7) is 6.51. The quantitative estimate of drug-likeness (QED) is 0.797. The minimum atomic E-state index is 0.449. The van der Waals surface area contributed by atoms with Crippen molar-refractivity contribution in [1.82, 2.24) is 20.5 Å². The topological polar surface area (TPSA) is 75.9 Å². The van der Waals surface area contributed by atoms with Crippen LogP contribution in [0.1, 0.15) is 24.6 Å². The lowest BCUT2D eigenvalue weighted by Crippen LogP contribution is -2.19. The molecule has 0 fully saturated rings. The van der Waals surface area contributed by atoms with Crippen LogP contribution in [0, 0.1) is 5.92 Å². The van der Waals surface area contributed by atoms with Gasteiger partial charge in [-0.15, -0.1) is 16.4 Å². The predicted molar refractivity (Wildman–Crippen MR) is 70.3 cm³/mol. The highest BCUT2D eigenvalue weighted by Crippen LogP contribution is 2.10. The van der Waals surface area contributed by atoms with Gasteiger partial charge in [-0.2, -0.15) is 0 Å². The number of anilines is 1. The normalized spacial score (nSPS) is 11.1. The summed E-state index contributed by atoms with van der Waals surface area (Å²) in [4.78, 5) is 5.13. The van der Waals surface area contributed by atoms with Crippen molar-refractivity contribution in [1.29, 1.82) is 0 Å². The van der Waals surface area contributed by atoms with Gasteiger partial charge in [0.25, 0.3) is 0 Å². The van der Waals surface area contributed by atoms with Crippen molar-refractivity contribution >= 4 is 17.4 Å². The second-order valence-corrected chi connectivity index (χ2v) is 5.32. The monoisotopic (exact) mass is 267 g/mol. The summed E-state index contributed by atoms with van der Waals surface area (Å²) in [7, 11) is 0. The van der Waals surface area contributed by atoms with E-state index < -0.39 is 0 Å². The summed E-state index contributed by atoms with van der Waals surface area (Å²) in [5.41, 5.74) is 1.80. The molecule has 98 valence electrons. The number of hydrogen-bond acceptors (Lipinski definition) is 7. The van der Waals surface area contributed by atoms with E-state index in [1.807, 2.05) is 6.20 Å². The van der Waals surface area contributed by atoms with Gasteiger partial charge in [-0.05, 0) is 12.5 Å². The minimum absolute atomic E-state index is 0.449. The molecule has 2 aromatic rings. The summed E-state index contributed by atoms with van der Waals surface area (Å²) in [6.07, 6.45) is 1.82. The molecule has 0 aliphatic rings. The molecule has 0 aliphatic heterocycles. The Bertz CT molecular complexity index is 454. The molecular formula is C11H17N5OS. The van der Waals surface area contributed by atoms with E-state index >= 15 is 0 Å². The lowest BCUT2D eigenvalue weighted by atomic mass is 10.2. The number of nitrogens with one attached hydrogen (secondary N) is 2. The zero-order chi connectivity index (χ0) is 12.8. The highest BCUT2D eigenvalue weighted by molar-refractivity contribution is 7.09. The highest BCUT2D eigenvalue weighted by Gasteiger charge is 2.05. The molecule has 2 heterocycles. The molecule has 0 radical (unpaired) electrons. The Labute approximate surface area is 110 Å². The summed E-state index contributed by atoms with van der Waals surface area (Å²) >= 11 is 1.59. The van der Waals surface area contributed by atoms with E-state index in [0.717, 1.165) is 11.4 Å². The molecule has 0 saturated heterocycles. The summed E-state index contributed by atoms with van der Waals surface area (Å²) < 4.78 is 5.45. The number of thiazole rings is 1. The Kier molecular flexibility index (Phi) is 4.66. The fraction of sp³-hybridized carbons (Fsp3) is 0.545. The summed E-state index contributed by atoms with van der Waals surface area (Å²) in [6, 6.07) is 0.449. The zero-order valence-electron chi connectivity index (χ0n) is 10.5. The van der Waals surface area contributed by atoms with E-state index in [1.54, 1.807) is 16.8 Å². The molecule has 18 heavy (non-hydrogen) atoms. The van der Waals surface area contributed by atoms with Crippen LogP contribution in [0.15, 0.2) is 16.1 Å². The first-order valence-electron chi connectivity index (χ1n) is 5.88. The van der Waals surface area contributed by atoms with Crippen molar-refractivity contribution in [2.75, 3.05) is 11.9 Å².